The minimum absolute atomic E-state index is 0.0139. The van der Waals surface area contributed by atoms with Crippen LogP contribution < -0.4 is 9.64 Å². The van der Waals surface area contributed by atoms with E-state index in [0.29, 0.717) is 10.8 Å². The molecule has 2 rings (SSSR count). The Morgan fingerprint density at radius 1 is 1.36 bits per heavy atom. The highest BCUT2D eigenvalue weighted by atomic mass is 35.5. The summed E-state index contributed by atoms with van der Waals surface area (Å²) in [6, 6.07) is 9.12. The van der Waals surface area contributed by atoms with Gasteiger partial charge in [0.15, 0.2) is 0 Å². The molecular weight excluding hydrogens is 314 g/mol. The molecule has 116 valence electrons. The summed E-state index contributed by atoms with van der Waals surface area (Å²) >= 11 is 5.86. The number of halogens is 3. The molecule has 0 radical (unpaired) electrons. The molecule has 0 fully saturated rings. The van der Waals surface area contributed by atoms with Gasteiger partial charge in [-0.15, -0.1) is 0 Å². The van der Waals surface area contributed by atoms with Crippen LogP contribution in [-0.4, -0.2) is 31.0 Å². The zero-order valence-electron chi connectivity index (χ0n) is 11.7. The third-order valence-electron chi connectivity index (χ3n) is 2.87. The SMILES string of the molecule is COc1ccnc(C(=O)N(CC(F)F)c2cccc(Cl)c2)c1. The van der Waals surface area contributed by atoms with Crippen molar-refractivity contribution >= 4 is 23.2 Å². The van der Waals surface area contributed by atoms with Crippen molar-refractivity contribution in [2.75, 3.05) is 18.6 Å². The minimum Gasteiger partial charge on any atom is -0.497 e. The molecule has 1 heterocycles. The highest BCUT2D eigenvalue weighted by Gasteiger charge is 2.23. The molecule has 0 atom stereocenters. The van der Waals surface area contributed by atoms with Crippen LogP contribution in [0, 0.1) is 0 Å². The van der Waals surface area contributed by atoms with Gasteiger partial charge < -0.3 is 9.64 Å². The lowest BCUT2D eigenvalue weighted by Crippen LogP contribution is -2.35. The molecule has 0 aliphatic rings. The maximum Gasteiger partial charge on any atom is 0.277 e. The molecule has 22 heavy (non-hydrogen) atoms. The fraction of sp³-hybridized carbons (Fsp3) is 0.200. The van der Waals surface area contributed by atoms with Crippen LogP contribution in [0.1, 0.15) is 10.5 Å². The van der Waals surface area contributed by atoms with E-state index >= 15 is 0 Å². The molecule has 0 saturated heterocycles. The van der Waals surface area contributed by atoms with Gasteiger partial charge in [-0.05, 0) is 24.3 Å². The fourth-order valence-electron chi connectivity index (χ4n) is 1.88. The van der Waals surface area contributed by atoms with Gasteiger partial charge >= 0.3 is 0 Å². The molecule has 0 spiro atoms. The summed E-state index contributed by atoms with van der Waals surface area (Å²) in [5.41, 5.74) is 0.294. The van der Waals surface area contributed by atoms with Crippen LogP contribution in [-0.2, 0) is 0 Å². The Hall–Kier alpha value is -2.21. The van der Waals surface area contributed by atoms with E-state index in [9.17, 15) is 13.6 Å². The molecule has 1 aromatic heterocycles. The third kappa shape index (κ3) is 3.92. The van der Waals surface area contributed by atoms with E-state index in [0.717, 1.165) is 4.90 Å². The van der Waals surface area contributed by atoms with Gasteiger partial charge in [-0.1, -0.05) is 17.7 Å². The molecule has 2 aromatic rings. The number of nitrogens with zero attached hydrogens (tertiary/aromatic N) is 2. The van der Waals surface area contributed by atoms with E-state index in [-0.39, 0.29) is 11.4 Å². The van der Waals surface area contributed by atoms with Crippen LogP contribution in [0.15, 0.2) is 42.6 Å². The number of hydrogen-bond acceptors (Lipinski definition) is 3. The Bertz CT molecular complexity index is 667. The van der Waals surface area contributed by atoms with Crippen LogP contribution in [0.5, 0.6) is 5.75 Å². The third-order valence-corrected chi connectivity index (χ3v) is 3.11. The number of alkyl halides is 2. The molecule has 7 heteroatoms. The van der Waals surface area contributed by atoms with Gasteiger partial charge in [0.25, 0.3) is 12.3 Å². The standard InChI is InChI=1S/C15H13ClF2N2O2/c1-22-12-5-6-19-13(8-12)15(21)20(9-14(17)18)11-4-2-3-10(16)7-11/h2-8,14H,9H2,1H3. The highest BCUT2D eigenvalue weighted by molar-refractivity contribution is 6.31. The molecule has 4 nitrogen and oxygen atoms in total. The number of carbonyl (C=O) groups is 1. The van der Waals surface area contributed by atoms with E-state index in [1.807, 2.05) is 0 Å². The summed E-state index contributed by atoms with van der Waals surface area (Å²) in [4.78, 5) is 17.3. The first-order valence-corrected chi connectivity index (χ1v) is 6.74. The maximum absolute atomic E-state index is 12.8. The van der Waals surface area contributed by atoms with E-state index < -0.39 is 18.9 Å². The Morgan fingerprint density at radius 3 is 2.77 bits per heavy atom. The van der Waals surface area contributed by atoms with Gasteiger partial charge in [-0.25, -0.2) is 8.78 Å². The molecule has 1 amide bonds. The van der Waals surface area contributed by atoms with E-state index in [1.165, 1.54) is 31.5 Å². The van der Waals surface area contributed by atoms with E-state index in [4.69, 9.17) is 16.3 Å². The Balaban J connectivity index is 2.37. The number of anilines is 1. The van der Waals surface area contributed by atoms with Gasteiger partial charge in [0.2, 0.25) is 0 Å². The zero-order chi connectivity index (χ0) is 16.1. The number of ether oxygens (including phenoxy) is 1. The average molecular weight is 327 g/mol. The number of benzene rings is 1. The van der Waals surface area contributed by atoms with E-state index in [1.54, 1.807) is 18.2 Å². The number of rotatable bonds is 5. The van der Waals surface area contributed by atoms with Gasteiger partial charge in [0, 0.05) is 23.0 Å². The Labute approximate surface area is 131 Å². The molecule has 0 aliphatic heterocycles. The van der Waals surface area contributed by atoms with Gasteiger partial charge in [0.05, 0.1) is 13.7 Å². The van der Waals surface area contributed by atoms with Crippen molar-refractivity contribution in [3.63, 3.8) is 0 Å². The quantitative estimate of drug-likeness (QED) is 0.842. The number of methoxy groups -OCH3 is 1. The predicted octanol–water partition coefficient (Wildman–Crippen LogP) is 3.66. The zero-order valence-corrected chi connectivity index (χ0v) is 12.4. The number of aromatic nitrogens is 1. The van der Waals surface area contributed by atoms with Crippen LogP contribution in [0.25, 0.3) is 0 Å². The second kappa shape index (κ2) is 7.17. The summed E-state index contributed by atoms with van der Waals surface area (Å²) in [6.45, 7) is -0.752. The predicted molar refractivity (Wildman–Crippen MR) is 79.9 cm³/mol. The molecular formula is C15H13ClF2N2O2. The van der Waals surface area contributed by atoms with Crippen molar-refractivity contribution in [2.45, 2.75) is 6.43 Å². The molecule has 1 aromatic carbocycles. The average Bonchev–Trinajstić information content (AvgIpc) is 2.52. The first-order chi connectivity index (χ1) is 10.5. The van der Waals surface area contributed by atoms with Crippen molar-refractivity contribution < 1.29 is 18.3 Å². The molecule has 0 N–H and O–H groups in total. The van der Waals surface area contributed by atoms with Crippen molar-refractivity contribution in [3.8, 4) is 5.75 Å². The number of carbonyl (C=O) groups excluding carboxylic acids is 1. The Morgan fingerprint density at radius 2 is 2.14 bits per heavy atom. The summed E-state index contributed by atoms with van der Waals surface area (Å²) in [5, 5.41) is 0.350. The molecule has 0 bridgehead atoms. The van der Waals surface area contributed by atoms with Crippen molar-refractivity contribution in [2.24, 2.45) is 0 Å². The smallest absolute Gasteiger partial charge is 0.277 e. The van der Waals surface area contributed by atoms with Crippen LogP contribution in [0.4, 0.5) is 14.5 Å². The fourth-order valence-corrected chi connectivity index (χ4v) is 2.07. The lowest BCUT2D eigenvalue weighted by atomic mass is 10.2. The monoisotopic (exact) mass is 326 g/mol. The highest BCUT2D eigenvalue weighted by Crippen LogP contribution is 2.23. The van der Waals surface area contributed by atoms with Crippen LogP contribution >= 0.6 is 11.6 Å². The van der Waals surface area contributed by atoms with Crippen LogP contribution in [0.2, 0.25) is 5.02 Å². The van der Waals surface area contributed by atoms with Crippen molar-refractivity contribution in [1.82, 2.24) is 4.98 Å². The Kier molecular flexibility index (Phi) is 5.27. The summed E-state index contributed by atoms with van der Waals surface area (Å²) < 4.78 is 30.7. The van der Waals surface area contributed by atoms with Crippen LogP contribution in [0.3, 0.4) is 0 Å². The molecule has 0 saturated carbocycles. The number of pyridine rings is 1. The second-order valence-electron chi connectivity index (χ2n) is 4.37. The summed E-state index contributed by atoms with van der Waals surface area (Å²) in [6.07, 6.45) is -1.31. The topological polar surface area (TPSA) is 42.4 Å². The largest absolute Gasteiger partial charge is 0.497 e. The molecule has 0 aliphatic carbocycles. The van der Waals surface area contributed by atoms with Crippen molar-refractivity contribution in [3.05, 3.63) is 53.3 Å². The lowest BCUT2D eigenvalue weighted by molar-refractivity contribution is 0.0940. The second-order valence-corrected chi connectivity index (χ2v) is 4.80. The summed E-state index contributed by atoms with van der Waals surface area (Å²) in [7, 11) is 1.44. The first-order valence-electron chi connectivity index (χ1n) is 6.37. The van der Waals surface area contributed by atoms with E-state index in [2.05, 4.69) is 4.98 Å². The first kappa shape index (κ1) is 16.2. The van der Waals surface area contributed by atoms with Gasteiger partial charge in [-0.3, -0.25) is 9.78 Å². The minimum atomic E-state index is -2.69. The van der Waals surface area contributed by atoms with Crippen molar-refractivity contribution in [1.29, 1.82) is 0 Å². The lowest BCUT2D eigenvalue weighted by Gasteiger charge is -2.22. The number of amides is 1. The van der Waals surface area contributed by atoms with Gasteiger partial charge in [0.1, 0.15) is 11.4 Å². The summed E-state index contributed by atoms with van der Waals surface area (Å²) in [5.74, 6) is -0.233. The maximum atomic E-state index is 12.8. The normalized spacial score (nSPS) is 10.6. The number of hydrogen-bond donors (Lipinski definition) is 0. The molecule has 0 unspecified atom stereocenters. The van der Waals surface area contributed by atoms with Gasteiger partial charge in [-0.2, -0.15) is 0 Å².